The quantitative estimate of drug-likeness (QED) is 0.650. The Labute approximate surface area is 158 Å². The maximum absolute atomic E-state index is 13.0. The number of tetrazole rings is 1. The fraction of sp³-hybridized carbons (Fsp3) is 0.294. The number of rotatable bonds is 6. The lowest BCUT2D eigenvalue weighted by atomic mass is 10.2. The standard InChI is InChI=1S/C17H18FN7O3/c1-23-13(10-15(27)24(2)17(23)28)19-14(26)4-3-9-25-21-16(20-22-25)11-5-7-12(18)8-6-11/h5-8,10H,3-4,9H2,1-2H3,(H,19,26). The zero-order valence-corrected chi connectivity index (χ0v) is 15.3. The molecule has 0 unspecified atom stereocenters. The van der Waals surface area contributed by atoms with Gasteiger partial charge in [0.05, 0.1) is 6.54 Å². The Kier molecular flexibility index (Phi) is 5.43. The third-order valence-electron chi connectivity index (χ3n) is 4.11. The van der Waals surface area contributed by atoms with Crippen LogP contribution in [0.25, 0.3) is 11.4 Å². The summed E-state index contributed by atoms with van der Waals surface area (Å²) in [6.45, 7) is 0.344. The Hall–Kier alpha value is -3.63. The van der Waals surface area contributed by atoms with Crippen LogP contribution in [0.4, 0.5) is 10.2 Å². The highest BCUT2D eigenvalue weighted by Gasteiger charge is 2.10. The van der Waals surface area contributed by atoms with Crippen molar-refractivity contribution >= 4 is 11.7 Å². The van der Waals surface area contributed by atoms with Crippen LogP contribution >= 0.6 is 0 Å². The van der Waals surface area contributed by atoms with Gasteiger partial charge in [-0.05, 0) is 35.9 Å². The van der Waals surface area contributed by atoms with Crippen molar-refractivity contribution in [3.8, 4) is 11.4 Å². The molecule has 0 atom stereocenters. The third kappa shape index (κ3) is 4.19. The molecule has 28 heavy (non-hydrogen) atoms. The molecule has 11 heteroatoms. The van der Waals surface area contributed by atoms with Crippen LogP contribution in [-0.2, 0) is 25.4 Å². The van der Waals surface area contributed by atoms with E-state index in [1.54, 1.807) is 12.1 Å². The molecule has 3 rings (SSSR count). The number of anilines is 1. The molecule has 0 aliphatic rings. The average molecular weight is 387 g/mol. The van der Waals surface area contributed by atoms with E-state index in [2.05, 4.69) is 20.7 Å². The Balaban J connectivity index is 1.56. The van der Waals surface area contributed by atoms with Crippen molar-refractivity contribution in [3.63, 3.8) is 0 Å². The van der Waals surface area contributed by atoms with E-state index >= 15 is 0 Å². The molecule has 146 valence electrons. The molecule has 0 spiro atoms. The van der Waals surface area contributed by atoms with Gasteiger partial charge in [0, 0.05) is 32.1 Å². The molecule has 0 aliphatic heterocycles. The van der Waals surface area contributed by atoms with Gasteiger partial charge in [-0.2, -0.15) is 4.80 Å². The Morgan fingerprint density at radius 3 is 2.57 bits per heavy atom. The predicted molar refractivity (Wildman–Crippen MR) is 98.0 cm³/mol. The molecule has 0 saturated heterocycles. The van der Waals surface area contributed by atoms with Gasteiger partial charge in [-0.15, -0.1) is 10.2 Å². The Bertz CT molecular complexity index is 1120. The van der Waals surface area contributed by atoms with Crippen molar-refractivity contribution in [2.75, 3.05) is 5.32 Å². The van der Waals surface area contributed by atoms with Gasteiger partial charge in [-0.25, -0.2) is 9.18 Å². The summed E-state index contributed by atoms with van der Waals surface area (Å²) in [5.41, 5.74) is -0.390. The number of hydrogen-bond donors (Lipinski definition) is 1. The van der Waals surface area contributed by atoms with E-state index in [4.69, 9.17) is 0 Å². The summed E-state index contributed by atoms with van der Waals surface area (Å²) in [6, 6.07) is 6.92. The highest BCUT2D eigenvalue weighted by molar-refractivity contribution is 5.89. The van der Waals surface area contributed by atoms with Crippen LogP contribution < -0.4 is 16.6 Å². The average Bonchev–Trinajstić information content (AvgIpc) is 3.14. The maximum atomic E-state index is 13.0. The van der Waals surface area contributed by atoms with Crippen molar-refractivity contribution in [1.29, 1.82) is 0 Å². The van der Waals surface area contributed by atoms with Crippen molar-refractivity contribution < 1.29 is 9.18 Å². The summed E-state index contributed by atoms with van der Waals surface area (Å²) < 4.78 is 15.1. The van der Waals surface area contributed by atoms with E-state index in [0.29, 0.717) is 24.4 Å². The van der Waals surface area contributed by atoms with Gasteiger partial charge in [0.15, 0.2) is 0 Å². The first kappa shape index (κ1) is 19.1. The predicted octanol–water partition coefficient (Wildman–Crippen LogP) is 0.295. The van der Waals surface area contributed by atoms with Crippen molar-refractivity contribution in [3.05, 3.63) is 57.0 Å². The molecule has 2 heterocycles. The van der Waals surface area contributed by atoms with Gasteiger partial charge in [0.25, 0.3) is 5.56 Å². The molecule has 1 amide bonds. The molecule has 0 bridgehead atoms. The smallest absolute Gasteiger partial charge is 0.312 e. The van der Waals surface area contributed by atoms with E-state index in [1.807, 2.05) is 0 Å². The van der Waals surface area contributed by atoms with Gasteiger partial charge < -0.3 is 5.32 Å². The van der Waals surface area contributed by atoms with Crippen molar-refractivity contribution in [1.82, 2.24) is 29.3 Å². The summed E-state index contributed by atoms with van der Waals surface area (Å²) in [6.07, 6.45) is 0.556. The summed E-state index contributed by atoms with van der Waals surface area (Å²) in [5.74, 6) is -0.201. The molecule has 10 nitrogen and oxygen atoms in total. The third-order valence-corrected chi connectivity index (χ3v) is 4.11. The lowest BCUT2D eigenvalue weighted by molar-refractivity contribution is -0.116. The van der Waals surface area contributed by atoms with Crippen LogP contribution in [0.1, 0.15) is 12.8 Å². The number of carbonyl (C=O) groups excluding carboxylic acids is 1. The van der Waals surface area contributed by atoms with Crippen LogP contribution in [0.15, 0.2) is 39.9 Å². The highest BCUT2D eigenvalue weighted by Crippen LogP contribution is 2.13. The number of aryl methyl sites for hydroxylation is 1. The molecule has 0 radical (unpaired) electrons. The number of carbonyl (C=O) groups is 1. The molecular weight excluding hydrogens is 369 g/mol. The molecule has 3 aromatic rings. The normalized spacial score (nSPS) is 10.8. The lowest BCUT2D eigenvalue weighted by Crippen LogP contribution is -2.38. The lowest BCUT2D eigenvalue weighted by Gasteiger charge is -2.10. The second-order valence-corrected chi connectivity index (χ2v) is 6.14. The molecule has 0 saturated carbocycles. The molecule has 1 aromatic carbocycles. The van der Waals surface area contributed by atoms with Gasteiger partial charge in [-0.3, -0.25) is 18.7 Å². The van der Waals surface area contributed by atoms with Crippen molar-refractivity contribution in [2.45, 2.75) is 19.4 Å². The van der Waals surface area contributed by atoms with Gasteiger partial charge in [0.1, 0.15) is 11.6 Å². The monoisotopic (exact) mass is 387 g/mol. The topological polar surface area (TPSA) is 117 Å². The van der Waals surface area contributed by atoms with Gasteiger partial charge in [-0.1, -0.05) is 0 Å². The maximum Gasteiger partial charge on any atom is 0.332 e. The number of benzene rings is 1. The first-order valence-corrected chi connectivity index (χ1v) is 8.46. The largest absolute Gasteiger partial charge is 0.332 e. The first-order valence-electron chi connectivity index (χ1n) is 8.46. The van der Waals surface area contributed by atoms with E-state index < -0.39 is 11.2 Å². The summed E-state index contributed by atoms with van der Waals surface area (Å²) in [4.78, 5) is 37.0. The SMILES string of the molecule is Cn1c(NC(=O)CCCn2nnc(-c3ccc(F)cc3)n2)cc(=O)n(C)c1=O. The van der Waals surface area contributed by atoms with Crippen LogP contribution in [0, 0.1) is 5.82 Å². The minimum Gasteiger partial charge on any atom is -0.312 e. The van der Waals surface area contributed by atoms with Crippen molar-refractivity contribution in [2.24, 2.45) is 14.1 Å². The number of nitrogens with zero attached hydrogens (tertiary/aromatic N) is 6. The minimum absolute atomic E-state index is 0.135. The summed E-state index contributed by atoms with van der Waals surface area (Å²) >= 11 is 0. The molecular formula is C17H18FN7O3. The number of amides is 1. The second-order valence-electron chi connectivity index (χ2n) is 6.14. The molecule has 0 aliphatic carbocycles. The van der Waals surface area contributed by atoms with E-state index in [1.165, 1.54) is 41.7 Å². The Morgan fingerprint density at radius 1 is 1.14 bits per heavy atom. The zero-order valence-electron chi connectivity index (χ0n) is 15.3. The van der Waals surface area contributed by atoms with Crippen LogP contribution in [0.5, 0.6) is 0 Å². The fourth-order valence-corrected chi connectivity index (χ4v) is 2.49. The van der Waals surface area contributed by atoms with Crippen LogP contribution in [0.2, 0.25) is 0 Å². The Morgan fingerprint density at radius 2 is 1.86 bits per heavy atom. The number of aromatic nitrogens is 6. The first-order chi connectivity index (χ1) is 13.3. The molecule has 1 N–H and O–H groups in total. The van der Waals surface area contributed by atoms with E-state index in [0.717, 1.165) is 4.57 Å². The highest BCUT2D eigenvalue weighted by atomic mass is 19.1. The molecule has 0 fully saturated rings. The second kappa shape index (κ2) is 7.94. The molecule has 2 aromatic heterocycles. The van der Waals surface area contributed by atoms with Crippen LogP contribution in [-0.4, -0.2) is 35.2 Å². The van der Waals surface area contributed by atoms with E-state index in [-0.39, 0.29) is 24.0 Å². The fourth-order valence-electron chi connectivity index (χ4n) is 2.49. The van der Waals surface area contributed by atoms with Gasteiger partial charge in [0.2, 0.25) is 11.7 Å². The zero-order chi connectivity index (χ0) is 20.3. The number of hydrogen-bond acceptors (Lipinski definition) is 6. The van der Waals surface area contributed by atoms with Crippen LogP contribution in [0.3, 0.4) is 0 Å². The van der Waals surface area contributed by atoms with Gasteiger partial charge >= 0.3 is 5.69 Å². The van der Waals surface area contributed by atoms with E-state index in [9.17, 15) is 18.8 Å². The minimum atomic E-state index is -0.525. The summed E-state index contributed by atoms with van der Waals surface area (Å²) in [5, 5.41) is 14.5. The summed E-state index contributed by atoms with van der Waals surface area (Å²) in [7, 11) is 2.83. The number of nitrogens with one attached hydrogen (secondary N) is 1. The number of halogens is 1.